The SMILES string of the molecule is CN[C@H](C(=O)O)C(C)(C)CC(C)(C)C(C)=O. The minimum Gasteiger partial charge on any atom is -0.480 e. The summed E-state index contributed by atoms with van der Waals surface area (Å²) in [6.45, 7) is 8.99. The molecule has 0 saturated heterocycles. The van der Waals surface area contributed by atoms with E-state index in [1.54, 1.807) is 14.0 Å². The van der Waals surface area contributed by atoms with Crippen molar-refractivity contribution in [1.82, 2.24) is 5.32 Å². The van der Waals surface area contributed by atoms with E-state index in [1.165, 1.54) is 0 Å². The molecule has 0 heterocycles. The molecule has 0 rings (SSSR count). The van der Waals surface area contributed by atoms with Crippen molar-refractivity contribution in [3.63, 3.8) is 0 Å². The van der Waals surface area contributed by atoms with Gasteiger partial charge in [-0.2, -0.15) is 0 Å². The third-order valence-electron chi connectivity index (χ3n) is 3.17. The molecular weight excluding hydrogens is 206 g/mol. The summed E-state index contributed by atoms with van der Waals surface area (Å²) in [5, 5.41) is 11.9. The van der Waals surface area contributed by atoms with E-state index in [-0.39, 0.29) is 5.78 Å². The normalized spacial score (nSPS) is 14.6. The first kappa shape index (κ1) is 15.1. The molecule has 0 fully saturated rings. The second-order valence-electron chi connectivity index (χ2n) is 5.67. The van der Waals surface area contributed by atoms with Gasteiger partial charge in [-0.15, -0.1) is 0 Å². The molecule has 0 amide bonds. The predicted molar refractivity (Wildman–Crippen MR) is 63.3 cm³/mol. The van der Waals surface area contributed by atoms with Crippen LogP contribution in [0.25, 0.3) is 0 Å². The number of likely N-dealkylation sites (N-methyl/N-ethyl adjacent to an activating group) is 1. The Hall–Kier alpha value is -0.900. The van der Waals surface area contributed by atoms with E-state index < -0.39 is 22.8 Å². The molecule has 2 N–H and O–H groups in total. The molecule has 94 valence electrons. The van der Waals surface area contributed by atoms with E-state index in [0.29, 0.717) is 6.42 Å². The molecule has 0 radical (unpaired) electrons. The Bertz CT molecular complexity index is 282. The number of carbonyl (C=O) groups is 2. The average Bonchev–Trinajstić information content (AvgIpc) is 2.00. The number of Topliss-reactive ketones (excluding diaryl/α,β-unsaturated/α-hetero) is 1. The number of aliphatic carboxylic acids is 1. The van der Waals surface area contributed by atoms with Gasteiger partial charge in [0.25, 0.3) is 0 Å². The van der Waals surface area contributed by atoms with E-state index >= 15 is 0 Å². The fourth-order valence-corrected chi connectivity index (χ4v) is 2.21. The first-order chi connectivity index (χ1) is 7.04. The van der Waals surface area contributed by atoms with Crippen LogP contribution in [0.15, 0.2) is 0 Å². The standard InChI is InChI=1S/C12H23NO3/c1-8(14)11(2,3)7-12(4,5)9(13-6)10(15)16/h9,13H,7H2,1-6H3,(H,15,16)/t9-/m1/s1. The number of hydrogen-bond acceptors (Lipinski definition) is 3. The zero-order valence-corrected chi connectivity index (χ0v) is 11.0. The second-order valence-corrected chi connectivity index (χ2v) is 5.67. The van der Waals surface area contributed by atoms with Gasteiger partial charge in [0.05, 0.1) is 0 Å². The van der Waals surface area contributed by atoms with Gasteiger partial charge in [-0.3, -0.25) is 9.59 Å². The minimum absolute atomic E-state index is 0.0841. The Balaban J connectivity index is 4.92. The lowest BCUT2D eigenvalue weighted by atomic mass is 9.69. The molecule has 0 aliphatic rings. The van der Waals surface area contributed by atoms with E-state index in [1.807, 2.05) is 27.7 Å². The zero-order chi connectivity index (χ0) is 13.1. The van der Waals surface area contributed by atoms with Crippen molar-refractivity contribution >= 4 is 11.8 Å². The summed E-state index contributed by atoms with van der Waals surface area (Å²) in [6.07, 6.45) is 0.535. The van der Waals surface area contributed by atoms with Crippen molar-refractivity contribution in [2.75, 3.05) is 7.05 Å². The average molecular weight is 229 g/mol. The summed E-state index contributed by atoms with van der Waals surface area (Å²) in [4.78, 5) is 22.5. The molecule has 0 aromatic rings. The van der Waals surface area contributed by atoms with E-state index in [4.69, 9.17) is 5.11 Å². The molecule has 0 saturated carbocycles. The third kappa shape index (κ3) is 3.59. The van der Waals surface area contributed by atoms with Gasteiger partial charge in [-0.25, -0.2) is 0 Å². The number of nitrogens with one attached hydrogen (secondary N) is 1. The van der Waals surface area contributed by atoms with Crippen molar-refractivity contribution in [1.29, 1.82) is 0 Å². The van der Waals surface area contributed by atoms with Crippen molar-refractivity contribution < 1.29 is 14.7 Å². The maximum absolute atomic E-state index is 11.5. The highest BCUT2D eigenvalue weighted by atomic mass is 16.4. The highest BCUT2D eigenvalue weighted by Crippen LogP contribution is 2.36. The van der Waals surface area contributed by atoms with E-state index in [2.05, 4.69) is 5.32 Å². The first-order valence-corrected chi connectivity index (χ1v) is 5.45. The molecule has 0 bridgehead atoms. The van der Waals surface area contributed by atoms with Crippen LogP contribution in [0.5, 0.6) is 0 Å². The van der Waals surface area contributed by atoms with Gasteiger partial charge in [0.15, 0.2) is 0 Å². The summed E-state index contributed by atoms with van der Waals surface area (Å²) >= 11 is 0. The van der Waals surface area contributed by atoms with E-state index in [0.717, 1.165) is 0 Å². The number of ketones is 1. The Morgan fingerprint density at radius 3 is 1.94 bits per heavy atom. The molecule has 4 heteroatoms. The number of carbonyl (C=O) groups excluding carboxylic acids is 1. The molecule has 0 spiro atoms. The first-order valence-electron chi connectivity index (χ1n) is 5.45. The highest BCUT2D eigenvalue weighted by molar-refractivity contribution is 5.82. The fourth-order valence-electron chi connectivity index (χ4n) is 2.21. The number of rotatable bonds is 6. The van der Waals surface area contributed by atoms with Gasteiger partial charge in [0.2, 0.25) is 0 Å². The fraction of sp³-hybridized carbons (Fsp3) is 0.833. The van der Waals surface area contributed by atoms with Gasteiger partial charge in [0, 0.05) is 5.41 Å². The minimum atomic E-state index is -0.883. The Labute approximate surface area is 97.4 Å². The van der Waals surface area contributed by atoms with Crippen LogP contribution in [0.3, 0.4) is 0 Å². The van der Waals surface area contributed by atoms with Crippen LogP contribution in [0.1, 0.15) is 41.0 Å². The molecule has 1 atom stereocenters. The van der Waals surface area contributed by atoms with Gasteiger partial charge in [0.1, 0.15) is 11.8 Å². The largest absolute Gasteiger partial charge is 0.480 e. The van der Waals surface area contributed by atoms with Gasteiger partial charge in [-0.05, 0) is 25.8 Å². The van der Waals surface area contributed by atoms with E-state index in [9.17, 15) is 9.59 Å². The smallest absolute Gasteiger partial charge is 0.321 e. The van der Waals surface area contributed by atoms with Crippen LogP contribution in [0.2, 0.25) is 0 Å². The predicted octanol–water partition coefficient (Wildman–Crippen LogP) is 1.69. The number of carboxylic acids is 1. The second kappa shape index (κ2) is 4.95. The lowest BCUT2D eigenvalue weighted by Gasteiger charge is -2.37. The Kier molecular flexibility index (Phi) is 4.68. The van der Waals surface area contributed by atoms with Crippen molar-refractivity contribution in [3.8, 4) is 0 Å². The lowest BCUT2D eigenvalue weighted by molar-refractivity contribution is -0.144. The summed E-state index contributed by atoms with van der Waals surface area (Å²) in [6, 6.07) is -0.647. The van der Waals surface area contributed by atoms with Gasteiger partial charge >= 0.3 is 5.97 Å². The summed E-state index contributed by atoms with van der Waals surface area (Å²) in [5.74, 6) is -0.798. The maximum atomic E-state index is 11.5. The molecule has 0 aromatic carbocycles. The topological polar surface area (TPSA) is 66.4 Å². The Morgan fingerprint density at radius 2 is 1.69 bits per heavy atom. The van der Waals surface area contributed by atoms with Crippen molar-refractivity contribution in [3.05, 3.63) is 0 Å². The molecule has 0 aliphatic heterocycles. The Morgan fingerprint density at radius 1 is 1.25 bits per heavy atom. The monoisotopic (exact) mass is 229 g/mol. The maximum Gasteiger partial charge on any atom is 0.321 e. The van der Waals surface area contributed by atoms with Crippen LogP contribution in [0.4, 0.5) is 0 Å². The molecule has 16 heavy (non-hydrogen) atoms. The van der Waals surface area contributed by atoms with Crippen LogP contribution in [0, 0.1) is 10.8 Å². The lowest BCUT2D eigenvalue weighted by Crippen LogP contribution is -2.48. The molecule has 0 unspecified atom stereocenters. The summed E-state index contributed by atoms with van der Waals surface area (Å²) < 4.78 is 0. The molecule has 0 aromatic heterocycles. The van der Waals surface area contributed by atoms with Crippen molar-refractivity contribution in [2.45, 2.75) is 47.1 Å². The molecule has 4 nitrogen and oxygen atoms in total. The van der Waals surface area contributed by atoms with Crippen molar-refractivity contribution in [2.24, 2.45) is 10.8 Å². The summed E-state index contributed by atoms with van der Waals surface area (Å²) in [7, 11) is 1.63. The van der Waals surface area contributed by atoms with Crippen LogP contribution in [-0.4, -0.2) is 29.9 Å². The van der Waals surface area contributed by atoms with Crippen LogP contribution < -0.4 is 5.32 Å². The third-order valence-corrected chi connectivity index (χ3v) is 3.17. The number of carboxylic acid groups (broad SMARTS) is 1. The van der Waals surface area contributed by atoms with Gasteiger partial charge in [-0.1, -0.05) is 27.7 Å². The zero-order valence-electron chi connectivity index (χ0n) is 11.0. The molecule has 0 aliphatic carbocycles. The van der Waals surface area contributed by atoms with Gasteiger partial charge < -0.3 is 10.4 Å². The highest BCUT2D eigenvalue weighted by Gasteiger charge is 2.40. The number of hydrogen-bond donors (Lipinski definition) is 2. The van der Waals surface area contributed by atoms with Crippen LogP contribution >= 0.6 is 0 Å². The van der Waals surface area contributed by atoms with Crippen LogP contribution in [-0.2, 0) is 9.59 Å². The summed E-state index contributed by atoms with van der Waals surface area (Å²) in [5.41, 5.74) is -0.968. The molecular formula is C12H23NO3. The quantitative estimate of drug-likeness (QED) is 0.727.